The summed E-state index contributed by atoms with van der Waals surface area (Å²) in [6, 6.07) is 6.14. The van der Waals surface area contributed by atoms with Crippen LogP contribution in [-0.2, 0) is 23.9 Å². The van der Waals surface area contributed by atoms with E-state index < -0.39 is 35.6 Å². The molecular weight excluding hydrogens is 428 g/mol. The Morgan fingerprint density at radius 2 is 2.00 bits per heavy atom. The molecule has 4 rings (SSSR count). The Balaban J connectivity index is 1.62. The third-order valence-corrected chi connectivity index (χ3v) is 7.02. The molecule has 0 aliphatic carbocycles. The molecule has 9 heteroatoms. The van der Waals surface area contributed by atoms with E-state index in [1.807, 2.05) is 0 Å². The first-order valence-corrected chi connectivity index (χ1v) is 11.7. The van der Waals surface area contributed by atoms with Gasteiger partial charge in [0.25, 0.3) is 0 Å². The second-order valence-electron chi connectivity index (χ2n) is 8.84. The summed E-state index contributed by atoms with van der Waals surface area (Å²) < 4.78 is 16.8. The quantitative estimate of drug-likeness (QED) is 0.404. The van der Waals surface area contributed by atoms with Crippen LogP contribution in [-0.4, -0.2) is 72.4 Å². The number of carbonyl (C=O) groups is 3. The maximum absolute atomic E-state index is 13.6. The molecule has 2 amide bonds. The summed E-state index contributed by atoms with van der Waals surface area (Å²) in [4.78, 5) is 41.5. The number of likely N-dealkylation sites (tertiary alicyclic amines) is 1. The average Bonchev–Trinajstić information content (AvgIpc) is 3.45. The van der Waals surface area contributed by atoms with Crippen molar-refractivity contribution in [1.82, 2.24) is 4.90 Å². The highest BCUT2D eigenvalue weighted by Gasteiger charge is 2.74. The minimum absolute atomic E-state index is 0.0810. The maximum atomic E-state index is 13.6. The Kier molecular flexibility index (Phi) is 6.90. The Labute approximate surface area is 193 Å². The lowest BCUT2D eigenvalue weighted by Gasteiger charge is -2.33. The van der Waals surface area contributed by atoms with Gasteiger partial charge in [-0.3, -0.25) is 14.4 Å². The molecule has 2 bridgehead atoms. The fourth-order valence-electron chi connectivity index (χ4n) is 5.66. The minimum atomic E-state index is -1.04. The number of methoxy groups -OCH3 is 1. The van der Waals surface area contributed by atoms with E-state index in [1.54, 1.807) is 43.2 Å². The molecule has 0 unspecified atom stereocenters. The number of fused-ring (bicyclic) bond motifs is 1. The zero-order valence-electron chi connectivity index (χ0n) is 19.1. The Bertz CT molecular complexity index is 889. The number of carbonyl (C=O) groups excluding carboxylic acids is 3. The van der Waals surface area contributed by atoms with E-state index in [2.05, 4.69) is 5.32 Å². The number of nitrogens with one attached hydrogen (secondary N) is 1. The molecular formula is C24H32N2O7. The smallest absolute Gasteiger partial charge is 0.312 e. The van der Waals surface area contributed by atoms with Gasteiger partial charge in [-0.25, -0.2) is 0 Å². The van der Waals surface area contributed by atoms with Gasteiger partial charge in [-0.1, -0.05) is 0 Å². The zero-order chi connectivity index (χ0) is 23.6. The predicted molar refractivity (Wildman–Crippen MR) is 119 cm³/mol. The molecule has 0 saturated carbocycles. The SMILES string of the molecule is CCOC(=O)[C@@H]1[C@@H]2CC[C@]3(O2)[C@H](C(=O)Nc2ccc(OC)cc2)N(CCCCCO)C(=O)[C@@H]13. The summed E-state index contributed by atoms with van der Waals surface area (Å²) in [6.45, 7) is 2.40. The standard InChI is InChI=1S/C24H32N2O7/c1-3-32-23(30)18-17-11-12-24(33-17)19(18)22(29)26(13-5-4-6-14-27)20(24)21(28)25-15-7-9-16(31-2)10-8-15/h7-10,17-20,27H,3-6,11-14H2,1-2H3,(H,25,28)/t17-,18+,19+,20-,24+/m0/s1. The van der Waals surface area contributed by atoms with Crippen LogP contribution in [0, 0.1) is 11.8 Å². The number of amides is 2. The topological polar surface area (TPSA) is 114 Å². The first-order chi connectivity index (χ1) is 16.0. The van der Waals surface area contributed by atoms with Gasteiger partial charge in [0, 0.05) is 18.8 Å². The van der Waals surface area contributed by atoms with Crippen molar-refractivity contribution in [3.63, 3.8) is 0 Å². The molecule has 1 aromatic carbocycles. The number of anilines is 1. The number of hydrogen-bond donors (Lipinski definition) is 2. The summed E-state index contributed by atoms with van der Waals surface area (Å²) in [7, 11) is 1.57. The fraction of sp³-hybridized carbons (Fsp3) is 0.625. The summed E-state index contributed by atoms with van der Waals surface area (Å²) in [6.07, 6.45) is 2.75. The van der Waals surface area contributed by atoms with Gasteiger partial charge in [-0.15, -0.1) is 0 Å². The summed E-state index contributed by atoms with van der Waals surface area (Å²) in [5.41, 5.74) is -0.449. The van der Waals surface area contributed by atoms with Gasteiger partial charge in [0.1, 0.15) is 17.4 Å². The molecule has 180 valence electrons. The lowest BCUT2D eigenvalue weighted by Crippen LogP contribution is -2.53. The molecule has 9 nitrogen and oxygen atoms in total. The third-order valence-electron chi connectivity index (χ3n) is 7.02. The van der Waals surface area contributed by atoms with Crippen molar-refractivity contribution in [1.29, 1.82) is 0 Å². The number of benzene rings is 1. The van der Waals surface area contributed by atoms with E-state index in [0.29, 0.717) is 43.7 Å². The molecule has 0 aromatic heterocycles. The summed E-state index contributed by atoms with van der Waals surface area (Å²) in [5.74, 6) is -1.73. The van der Waals surface area contributed by atoms with Gasteiger partial charge < -0.3 is 29.5 Å². The van der Waals surface area contributed by atoms with Crippen LogP contribution in [0.25, 0.3) is 0 Å². The number of nitrogens with zero attached hydrogens (tertiary/aromatic N) is 1. The van der Waals surface area contributed by atoms with Crippen LogP contribution in [0.5, 0.6) is 5.75 Å². The number of aliphatic hydroxyl groups excluding tert-OH is 1. The Morgan fingerprint density at radius 1 is 1.24 bits per heavy atom. The largest absolute Gasteiger partial charge is 0.497 e. The van der Waals surface area contributed by atoms with Crippen LogP contribution in [0.2, 0.25) is 0 Å². The van der Waals surface area contributed by atoms with Crippen molar-refractivity contribution in [3.8, 4) is 5.75 Å². The number of hydrogen-bond acceptors (Lipinski definition) is 7. The van der Waals surface area contributed by atoms with E-state index in [0.717, 1.165) is 6.42 Å². The average molecular weight is 461 g/mol. The Hall–Kier alpha value is -2.65. The normalized spacial score (nSPS) is 29.8. The molecule has 5 atom stereocenters. The van der Waals surface area contributed by atoms with Crippen LogP contribution in [0.1, 0.15) is 39.0 Å². The second kappa shape index (κ2) is 9.69. The van der Waals surface area contributed by atoms with Crippen LogP contribution in [0.3, 0.4) is 0 Å². The van der Waals surface area contributed by atoms with Gasteiger partial charge in [0.2, 0.25) is 11.8 Å². The molecule has 3 saturated heterocycles. The predicted octanol–water partition coefficient (Wildman–Crippen LogP) is 1.73. The second-order valence-corrected chi connectivity index (χ2v) is 8.84. The van der Waals surface area contributed by atoms with Crippen LogP contribution in [0.4, 0.5) is 5.69 Å². The van der Waals surface area contributed by atoms with E-state index in [4.69, 9.17) is 19.3 Å². The lowest BCUT2D eigenvalue weighted by molar-refractivity contribution is -0.154. The monoisotopic (exact) mass is 460 g/mol. The molecule has 0 radical (unpaired) electrons. The van der Waals surface area contributed by atoms with Crippen LogP contribution in [0.15, 0.2) is 24.3 Å². The van der Waals surface area contributed by atoms with Crippen molar-refractivity contribution in [2.45, 2.75) is 56.8 Å². The number of esters is 1. The highest BCUT2D eigenvalue weighted by Crippen LogP contribution is 2.58. The minimum Gasteiger partial charge on any atom is -0.497 e. The highest BCUT2D eigenvalue weighted by atomic mass is 16.6. The van der Waals surface area contributed by atoms with Crippen molar-refractivity contribution < 1.29 is 33.7 Å². The summed E-state index contributed by atoms with van der Waals surface area (Å²) in [5, 5.41) is 12.0. The van der Waals surface area contributed by atoms with Gasteiger partial charge >= 0.3 is 5.97 Å². The van der Waals surface area contributed by atoms with Gasteiger partial charge in [0.15, 0.2) is 0 Å². The number of unbranched alkanes of at least 4 members (excludes halogenated alkanes) is 2. The van der Waals surface area contributed by atoms with Crippen molar-refractivity contribution in [2.75, 3.05) is 32.2 Å². The van der Waals surface area contributed by atoms with E-state index in [-0.39, 0.29) is 25.0 Å². The summed E-state index contributed by atoms with van der Waals surface area (Å²) >= 11 is 0. The molecule has 3 heterocycles. The zero-order valence-corrected chi connectivity index (χ0v) is 19.1. The lowest BCUT2D eigenvalue weighted by atomic mass is 9.71. The van der Waals surface area contributed by atoms with E-state index in [1.165, 1.54) is 0 Å². The van der Waals surface area contributed by atoms with E-state index in [9.17, 15) is 14.4 Å². The maximum Gasteiger partial charge on any atom is 0.312 e. The van der Waals surface area contributed by atoms with Gasteiger partial charge in [-0.05, 0) is 63.3 Å². The van der Waals surface area contributed by atoms with Crippen LogP contribution < -0.4 is 10.1 Å². The van der Waals surface area contributed by atoms with E-state index >= 15 is 0 Å². The molecule has 3 aliphatic heterocycles. The molecule has 3 aliphatic rings. The first kappa shape index (κ1) is 23.5. The van der Waals surface area contributed by atoms with Gasteiger partial charge in [-0.2, -0.15) is 0 Å². The molecule has 1 spiro atoms. The fourth-order valence-corrected chi connectivity index (χ4v) is 5.66. The molecule has 33 heavy (non-hydrogen) atoms. The first-order valence-electron chi connectivity index (χ1n) is 11.7. The molecule has 1 aromatic rings. The van der Waals surface area contributed by atoms with Crippen molar-refractivity contribution in [2.24, 2.45) is 11.8 Å². The van der Waals surface area contributed by atoms with Gasteiger partial charge in [0.05, 0.1) is 31.7 Å². The third kappa shape index (κ3) is 4.08. The van der Waals surface area contributed by atoms with Crippen molar-refractivity contribution in [3.05, 3.63) is 24.3 Å². The number of ether oxygens (including phenoxy) is 3. The molecule has 2 N–H and O–H groups in total. The number of aliphatic hydroxyl groups is 1. The Morgan fingerprint density at radius 3 is 2.67 bits per heavy atom. The molecule has 3 fully saturated rings. The highest BCUT2D eigenvalue weighted by molar-refractivity contribution is 6.03. The van der Waals surface area contributed by atoms with Crippen LogP contribution >= 0.6 is 0 Å². The van der Waals surface area contributed by atoms with Crippen molar-refractivity contribution >= 4 is 23.5 Å². The number of rotatable bonds is 10.